The summed E-state index contributed by atoms with van der Waals surface area (Å²) < 4.78 is 6.62. The zero-order valence-corrected chi connectivity index (χ0v) is 18.5. The van der Waals surface area contributed by atoms with Crippen molar-refractivity contribution in [1.82, 2.24) is 0 Å². The lowest BCUT2D eigenvalue weighted by Crippen LogP contribution is -2.14. The number of aromatic hydroxyl groups is 6. The van der Waals surface area contributed by atoms with Gasteiger partial charge in [0.2, 0.25) is 0 Å². The third-order valence-corrected chi connectivity index (χ3v) is 6.40. The van der Waals surface area contributed by atoms with Gasteiger partial charge < -0.3 is 35.4 Å². The molecule has 7 nitrogen and oxygen atoms in total. The molecule has 1 aliphatic heterocycles. The normalized spacial score (nSPS) is 21.7. The monoisotopic (exact) mass is 472 g/mol. The summed E-state index contributed by atoms with van der Waals surface area (Å²) in [5.74, 6) is -1.21. The Labute approximate surface area is 201 Å². The molecular weight excluding hydrogens is 448 g/mol. The van der Waals surface area contributed by atoms with Crippen LogP contribution < -0.4 is 0 Å². The fourth-order valence-electron chi connectivity index (χ4n) is 4.99. The molecule has 0 aliphatic carbocycles. The van der Waals surface area contributed by atoms with Crippen LogP contribution in [-0.4, -0.2) is 30.6 Å². The molecule has 4 aromatic rings. The predicted octanol–water partition coefficient (Wildman–Crippen LogP) is 5.30. The molecule has 0 radical (unpaired) electrons. The summed E-state index contributed by atoms with van der Waals surface area (Å²) in [6, 6.07) is 21.9. The van der Waals surface area contributed by atoms with Gasteiger partial charge >= 0.3 is 0 Å². The van der Waals surface area contributed by atoms with Gasteiger partial charge in [0.1, 0.15) is 34.5 Å². The minimum Gasteiger partial charge on any atom is -0.508 e. The van der Waals surface area contributed by atoms with Gasteiger partial charge in [-0.2, -0.15) is 0 Å². The van der Waals surface area contributed by atoms with E-state index in [-0.39, 0.29) is 34.5 Å². The van der Waals surface area contributed by atoms with Crippen molar-refractivity contribution in [3.8, 4) is 34.5 Å². The lowest BCUT2D eigenvalue weighted by Gasteiger charge is -2.26. The van der Waals surface area contributed by atoms with Gasteiger partial charge in [0.25, 0.3) is 0 Å². The van der Waals surface area contributed by atoms with E-state index in [4.69, 9.17) is 4.74 Å². The van der Waals surface area contributed by atoms with Gasteiger partial charge in [0.05, 0.1) is 12.2 Å². The lowest BCUT2D eigenvalue weighted by atomic mass is 9.75. The molecule has 0 saturated carbocycles. The van der Waals surface area contributed by atoms with Crippen LogP contribution in [0.15, 0.2) is 84.9 Å². The maximum Gasteiger partial charge on any atom is 0.119 e. The second-order valence-electron chi connectivity index (χ2n) is 8.78. The van der Waals surface area contributed by atoms with Gasteiger partial charge in [-0.15, -0.1) is 0 Å². The average molecular weight is 472 g/mol. The van der Waals surface area contributed by atoms with Crippen LogP contribution in [0.25, 0.3) is 0 Å². The van der Waals surface area contributed by atoms with Gasteiger partial charge in [-0.25, -0.2) is 0 Å². The first kappa shape index (κ1) is 22.4. The second kappa shape index (κ2) is 8.77. The number of phenols is 6. The minimum atomic E-state index is -0.579. The molecule has 7 heteroatoms. The van der Waals surface area contributed by atoms with Crippen molar-refractivity contribution in [3.05, 3.63) is 107 Å². The summed E-state index contributed by atoms with van der Waals surface area (Å²) in [4.78, 5) is 0. The number of phenolic OH excluding ortho intramolecular Hbond substituents is 6. The van der Waals surface area contributed by atoms with E-state index in [2.05, 4.69) is 0 Å². The van der Waals surface area contributed by atoms with Gasteiger partial charge in [-0.1, -0.05) is 24.3 Å². The fraction of sp³-hybridized carbons (Fsp3) is 0.143. The van der Waals surface area contributed by atoms with Crippen LogP contribution in [0.4, 0.5) is 0 Å². The topological polar surface area (TPSA) is 131 Å². The van der Waals surface area contributed by atoms with Crippen molar-refractivity contribution in [2.45, 2.75) is 24.0 Å². The van der Waals surface area contributed by atoms with Crippen LogP contribution in [0.3, 0.4) is 0 Å². The van der Waals surface area contributed by atoms with E-state index in [1.54, 1.807) is 72.8 Å². The molecule has 0 bridgehead atoms. The Balaban J connectivity index is 1.74. The van der Waals surface area contributed by atoms with E-state index >= 15 is 0 Å². The van der Waals surface area contributed by atoms with E-state index in [0.29, 0.717) is 11.1 Å². The van der Waals surface area contributed by atoms with Crippen LogP contribution in [0.2, 0.25) is 0 Å². The van der Waals surface area contributed by atoms with Crippen LogP contribution in [0.1, 0.15) is 46.3 Å². The number of ether oxygens (including phenoxy) is 1. The maximum atomic E-state index is 10.3. The summed E-state index contributed by atoms with van der Waals surface area (Å²) in [5, 5.41) is 60.7. The Hall–Kier alpha value is -4.36. The first-order valence-electron chi connectivity index (χ1n) is 11.1. The first-order chi connectivity index (χ1) is 16.8. The first-order valence-corrected chi connectivity index (χ1v) is 11.1. The highest BCUT2D eigenvalue weighted by Crippen LogP contribution is 2.59. The van der Waals surface area contributed by atoms with Crippen molar-refractivity contribution in [3.63, 3.8) is 0 Å². The second-order valence-corrected chi connectivity index (χ2v) is 8.78. The predicted molar refractivity (Wildman–Crippen MR) is 128 cm³/mol. The molecule has 4 atom stereocenters. The third-order valence-electron chi connectivity index (χ3n) is 6.40. The quantitative estimate of drug-likeness (QED) is 0.238. The van der Waals surface area contributed by atoms with Crippen LogP contribution in [0, 0.1) is 0 Å². The third kappa shape index (κ3) is 4.41. The smallest absolute Gasteiger partial charge is 0.119 e. The van der Waals surface area contributed by atoms with Gasteiger partial charge in [0.15, 0.2) is 0 Å². The number of rotatable bonds is 4. The molecule has 35 heavy (non-hydrogen) atoms. The van der Waals surface area contributed by atoms with E-state index in [1.807, 2.05) is 0 Å². The summed E-state index contributed by atoms with van der Waals surface area (Å²) in [6.45, 7) is 0. The molecule has 1 aliphatic rings. The molecule has 0 aromatic heterocycles. The molecule has 1 saturated heterocycles. The van der Waals surface area contributed by atoms with Crippen molar-refractivity contribution in [1.29, 1.82) is 0 Å². The molecule has 4 aromatic carbocycles. The number of hydrogen-bond donors (Lipinski definition) is 6. The molecule has 0 unspecified atom stereocenters. The minimum absolute atomic E-state index is 0.0998. The van der Waals surface area contributed by atoms with E-state index < -0.39 is 24.0 Å². The number of hydrogen-bond acceptors (Lipinski definition) is 7. The summed E-state index contributed by atoms with van der Waals surface area (Å²) in [6.07, 6.45) is -1.16. The Morgan fingerprint density at radius 2 is 0.686 bits per heavy atom. The highest BCUT2D eigenvalue weighted by molar-refractivity contribution is 5.47. The Bertz CT molecular complexity index is 1200. The standard InChI is InChI=1S/C28H24O7/c29-19-5-1-15(2-6-19)27-25(17-9-21(31)13-22(32)10-17)26(18-11-23(33)14-24(34)12-18)28(35-27)16-3-7-20(30)8-4-16/h1-14,25-34H/t25-,26-,27+,28+/m0/s1. The van der Waals surface area contributed by atoms with Crippen LogP contribution in [-0.2, 0) is 4.74 Å². The Morgan fingerprint density at radius 1 is 0.371 bits per heavy atom. The average Bonchev–Trinajstić information content (AvgIpc) is 3.19. The SMILES string of the molecule is Oc1ccc([C@H]2O[C@H](c3ccc(O)cc3)[C@@H](c3cc(O)cc(O)c3)[C@@H]2c2cc(O)cc(O)c2)cc1. The number of benzene rings is 4. The highest BCUT2D eigenvalue weighted by atomic mass is 16.5. The zero-order valence-electron chi connectivity index (χ0n) is 18.5. The van der Waals surface area contributed by atoms with Gasteiger partial charge in [-0.3, -0.25) is 0 Å². The van der Waals surface area contributed by atoms with Crippen molar-refractivity contribution >= 4 is 0 Å². The van der Waals surface area contributed by atoms with Crippen molar-refractivity contribution in [2.24, 2.45) is 0 Å². The molecular formula is C28H24O7. The Morgan fingerprint density at radius 3 is 1.00 bits per heavy atom. The molecule has 0 amide bonds. The maximum absolute atomic E-state index is 10.3. The fourth-order valence-corrected chi connectivity index (χ4v) is 4.99. The molecule has 0 spiro atoms. The van der Waals surface area contributed by atoms with Gasteiger partial charge in [0, 0.05) is 24.0 Å². The zero-order chi connectivity index (χ0) is 24.7. The Kier molecular flexibility index (Phi) is 5.62. The van der Waals surface area contributed by atoms with Gasteiger partial charge in [-0.05, 0) is 70.8 Å². The molecule has 5 rings (SSSR count). The molecule has 1 heterocycles. The van der Waals surface area contributed by atoms with Crippen LogP contribution >= 0.6 is 0 Å². The summed E-state index contributed by atoms with van der Waals surface area (Å²) in [7, 11) is 0. The van der Waals surface area contributed by atoms with Crippen LogP contribution in [0.5, 0.6) is 34.5 Å². The van der Waals surface area contributed by atoms with E-state index in [0.717, 1.165) is 11.1 Å². The molecule has 6 N–H and O–H groups in total. The van der Waals surface area contributed by atoms with Crippen molar-refractivity contribution in [2.75, 3.05) is 0 Å². The van der Waals surface area contributed by atoms with Crippen molar-refractivity contribution < 1.29 is 35.4 Å². The molecule has 1 fully saturated rings. The largest absolute Gasteiger partial charge is 0.508 e. The summed E-state index contributed by atoms with van der Waals surface area (Å²) in [5.41, 5.74) is 2.70. The highest BCUT2D eigenvalue weighted by Gasteiger charge is 2.47. The molecule has 178 valence electrons. The van der Waals surface area contributed by atoms with E-state index in [9.17, 15) is 30.6 Å². The lowest BCUT2D eigenvalue weighted by molar-refractivity contribution is 0.0366. The van der Waals surface area contributed by atoms with E-state index in [1.165, 1.54) is 12.1 Å². The summed E-state index contributed by atoms with van der Waals surface area (Å²) >= 11 is 0.